The van der Waals surface area contributed by atoms with E-state index >= 15 is 0 Å². The minimum Gasteiger partial charge on any atom is -0.481 e. The molecule has 0 aromatic rings. The van der Waals surface area contributed by atoms with Crippen LogP contribution in [0.2, 0.25) is 4.44 Å². The van der Waals surface area contributed by atoms with Crippen molar-refractivity contribution in [2.75, 3.05) is 34.5 Å². The maximum absolute atomic E-state index is 11.0. The molecular weight excluding hydrogens is 887 g/mol. The van der Waals surface area contributed by atoms with Crippen LogP contribution in [0, 0.1) is 16.2 Å². The second-order valence-corrected chi connectivity index (χ2v) is 15.9. The summed E-state index contributed by atoms with van der Waals surface area (Å²) < 4.78 is 1.46. The molecule has 0 saturated heterocycles. The molecule has 0 rings (SSSR count). The van der Waals surface area contributed by atoms with E-state index in [1.54, 1.807) is 22.5 Å². The Bertz CT molecular complexity index is 857. The fraction of sp³-hybridized carbons (Fsp3) is 0.812. The van der Waals surface area contributed by atoms with E-state index in [0.717, 1.165) is 0 Å². The van der Waals surface area contributed by atoms with Crippen molar-refractivity contribution in [1.29, 1.82) is 0 Å². The van der Waals surface area contributed by atoms with E-state index in [1.165, 1.54) is 43.0 Å². The third-order valence-corrected chi connectivity index (χ3v) is 10.3. The van der Waals surface area contributed by atoms with Crippen LogP contribution in [-0.4, -0.2) is 123 Å². The molecule has 6 N–H and O–H groups in total. The Kier molecular flexibility index (Phi) is 39.9. The van der Waals surface area contributed by atoms with Gasteiger partial charge in [-0.15, -0.1) is 0 Å². The van der Waals surface area contributed by atoms with E-state index in [9.17, 15) is 28.8 Å². The van der Waals surface area contributed by atoms with Crippen molar-refractivity contribution in [2.24, 2.45) is 16.2 Å². The van der Waals surface area contributed by atoms with Crippen LogP contribution in [0.15, 0.2) is 0 Å². The average Bonchev–Trinajstić information content (AvgIpc) is 3.01. The number of thiol groups is 6. The summed E-state index contributed by atoms with van der Waals surface area (Å²) in [5.41, 5.74) is -3.64. The van der Waals surface area contributed by atoms with Crippen molar-refractivity contribution in [3.63, 3.8) is 0 Å². The van der Waals surface area contributed by atoms with E-state index in [4.69, 9.17) is 30.6 Å². The number of hydrogen-bond acceptors (Lipinski definition) is 12. The van der Waals surface area contributed by atoms with Crippen molar-refractivity contribution >= 4 is 134 Å². The Morgan fingerprint density at radius 3 is 0.804 bits per heavy atom. The zero-order valence-corrected chi connectivity index (χ0v) is 37.6. The molecule has 0 aromatic heterocycles. The van der Waals surface area contributed by atoms with Gasteiger partial charge in [0, 0.05) is 0 Å². The van der Waals surface area contributed by atoms with Crippen LogP contribution in [-0.2, 0) is 28.8 Å². The third kappa shape index (κ3) is 28.8. The number of carboxylic acid groups (broad SMARTS) is 6. The Labute approximate surface area is 349 Å². The van der Waals surface area contributed by atoms with Gasteiger partial charge in [-0.05, 0) is 73.0 Å². The summed E-state index contributed by atoms with van der Waals surface area (Å²) in [4.78, 5) is 64.7. The molecule has 19 heteroatoms. The molecular formula is C32H59O12S6Sn. The average molecular weight is 947 g/mol. The van der Waals surface area contributed by atoms with Gasteiger partial charge >= 0.3 is 108 Å². The van der Waals surface area contributed by atoms with E-state index in [-0.39, 0.29) is 57.8 Å². The Morgan fingerprint density at radius 1 is 0.431 bits per heavy atom. The van der Waals surface area contributed by atoms with Gasteiger partial charge in [-0.1, -0.05) is 0 Å². The summed E-state index contributed by atoms with van der Waals surface area (Å²) in [6.45, 7) is 2.27. The van der Waals surface area contributed by atoms with E-state index < -0.39 is 52.1 Å². The van der Waals surface area contributed by atoms with Gasteiger partial charge in [0.05, 0.1) is 35.5 Å². The van der Waals surface area contributed by atoms with E-state index in [0.29, 0.717) is 34.5 Å². The van der Waals surface area contributed by atoms with E-state index in [2.05, 4.69) is 82.7 Å². The first-order valence-corrected chi connectivity index (χ1v) is 22.3. The fourth-order valence-electron chi connectivity index (χ4n) is 4.83. The van der Waals surface area contributed by atoms with Crippen LogP contribution in [0.1, 0.15) is 103 Å². The monoisotopic (exact) mass is 947 g/mol. The van der Waals surface area contributed by atoms with Crippen LogP contribution in [0.5, 0.6) is 0 Å². The predicted octanol–water partition coefficient (Wildman–Crippen LogP) is 6.45. The first kappa shape index (κ1) is 57.4. The molecule has 51 heavy (non-hydrogen) atoms. The quantitative estimate of drug-likeness (QED) is 0.0243. The SMILES string of the molecule is CCCCCCC[CH2][Sn].O=C(O)CC(CCS)(CCS)C(=O)O.O=C(O)CC(CCS)(CCS)C(=O)O.O=C(O)CC(CCS)(CCS)C(=O)O. The van der Waals surface area contributed by atoms with Crippen LogP contribution in [0.25, 0.3) is 0 Å². The second-order valence-electron chi connectivity index (χ2n) is 11.8. The first-order chi connectivity index (χ1) is 23.9. The summed E-state index contributed by atoms with van der Waals surface area (Å²) in [6, 6.07) is 0. The number of carboxylic acids is 6. The number of aliphatic carboxylic acids is 6. The summed E-state index contributed by atoms with van der Waals surface area (Å²) in [7, 11) is 0. The molecule has 299 valence electrons. The maximum Gasteiger partial charge on any atom is 0.310 e. The zero-order chi connectivity index (χ0) is 40.5. The van der Waals surface area contributed by atoms with Crippen molar-refractivity contribution in [2.45, 2.75) is 108 Å². The molecule has 0 bridgehead atoms. The Balaban J connectivity index is -0.000000292. The van der Waals surface area contributed by atoms with Crippen LogP contribution < -0.4 is 0 Å². The molecule has 0 aliphatic rings. The van der Waals surface area contributed by atoms with Crippen molar-refractivity contribution in [3.8, 4) is 0 Å². The van der Waals surface area contributed by atoms with Crippen LogP contribution in [0.3, 0.4) is 0 Å². The standard InChI is InChI=1S/3C8H14O4S2.C8H17.Sn/c3*9-6(10)5-8(1-3-13,2-4-14)7(11)12;1-3-5-7-8-6-4-2;/h3*13-14H,1-5H2,(H,9,10)(H,11,12);1,3-8H2,2H3;. The Hall–Kier alpha value is -0.281. The fourth-order valence-corrected chi connectivity index (χ4v) is 8.11. The Morgan fingerprint density at radius 2 is 0.647 bits per heavy atom. The molecule has 0 aliphatic heterocycles. The summed E-state index contributed by atoms with van der Waals surface area (Å²) in [5, 5.41) is 52.9. The summed E-state index contributed by atoms with van der Waals surface area (Å²) >= 11 is 25.4. The third-order valence-electron chi connectivity index (χ3n) is 7.90. The number of unbranched alkanes of at least 4 members (excludes halogenated alkanes) is 5. The topological polar surface area (TPSA) is 224 Å². The predicted molar refractivity (Wildman–Crippen MR) is 222 cm³/mol. The second kappa shape index (κ2) is 35.4. The normalized spacial score (nSPS) is 11.1. The van der Waals surface area contributed by atoms with Gasteiger partial charge < -0.3 is 30.6 Å². The molecule has 0 aromatic carbocycles. The smallest absolute Gasteiger partial charge is 0.310 e. The largest absolute Gasteiger partial charge is 0.481 e. The van der Waals surface area contributed by atoms with Gasteiger partial charge in [0.25, 0.3) is 0 Å². The molecule has 0 atom stereocenters. The van der Waals surface area contributed by atoms with Crippen molar-refractivity contribution in [1.82, 2.24) is 0 Å². The molecule has 12 nitrogen and oxygen atoms in total. The van der Waals surface area contributed by atoms with Gasteiger partial charge in [0.2, 0.25) is 0 Å². The zero-order valence-electron chi connectivity index (χ0n) is 29.4. The molecule has 0 heterocycles. The van der Waals surface area contributed by atoms with Crippen molar-refractivity contribution < 1.29 is 59.4 Å². The molecule has 0 aliphatic carbocycles. The minimum absolute atomic E-state index is 0.248. The molecule has 0 fully saturated rings. The molecule has 0 saturated carbocycles. The summed E-state index contributed by atoms with van der Waals surface area (Å²) in [6.07, 6.45) is 9.08. The number of hydrogen-bond donors (Lipinski definition) is 12. The molecule has 0 unspecified atom stereocenters. The van der Waals surface area contributed by atoms with Gasteiger partial charge in [-0.25, -0.2) is 0 Å². The van der Waals surface area contributed by atoms with E-state index in [1.807, 2.05) is 0 Å². The maximum atomic E-state index is 11.0. The van der Waals surface area contributed by atoms with Gasteiger partial charge in [0.15, 0.2) is 0 Å². The van der Waals surface area contributed by atoms with Gasteiger partial charge in [0.1, 0.15) is 0 Å². The van der Waals surface area contributed by atoms with Gasteiger partial charge in [-0.3, -0.25) is 28.8 Å². The number of rotatable bonds is 27. The summed E-state index contributed by atoms with van der Waals surface area (Å²) in [5.74, 6) is -4.42. The van der Waals surface area contributed by atoms with Crippen LogP contribution in [0.4, 0.5) is 0 Å². The van der Waals surface area contributed by atoms with Crippen molar-refractivity contribution in [3.05, 3.63) is 0 Å². The van der Waals surface area contributed by atoms with Gasteiger partial charge in [-0.2, -0.15) is 75.8 Å². The number of carbonyl (C=O) groups is 6. The van der Waals surface area contributed by atoms with Crippen LogP contribution >= 0.6 is 75.8 Å². The first-order valence-electron chi connectivity index (χ1n) is 16.5. The molecule has 0 amide bonds. The molecule has 3 radical (unpaired) electrons. The molecule has 0 spiro atoms. The minimum atomic E-state index is -1.21.